The van der Waals surface area contributed by atoms with Crippen molar-refractivity contribution in [3.8, 4) is 5.75 Å². The van der Waals surface area contributed by atoms with Crippen LogP contribution in [0.15, 0.2) is 47.4 Å². The molecule has 0 bridgehead atoms. The third-order valence-electron chi connectivity index (χ3n) is 7.35. The van der Waals surface area contributed by atoms with E-state index in [1.54, 1.807) is 7.05 Å². The summed E-state index contributed by atoms with van der Waals surface area (Å²) >= 11 is 0. The van der Waals surface area contributed by atoms with Gasteiger partial charge in [-0.05, 0) is 43.6 Å². The highest BCUT2D eigenvalue weighted by Gasteiger charge is 2.64. The Kier molecular flexibility index (Phi) is 4.58. The number of amides is 1. The lowest BCUT2D eigenvalue weighted by molar-refractivity contribution is -0.193. The summed E-state index contributed by atoms with van der Waals surface area (Å²) in [4.78, 5) is 26.5. The van der Waals surface area contributed by atoms with Crippen LogP contribution >= 0.6 is 0 Å². The summed E-state index contributed by atoms with van der Waals surface area (Å²) in [5.74, 6) is -1.44. The van der Waals surface area contributed by atoms with Crippen LogP contribution in [0.5, 0.6) is 5.75 Å². The molecule has 1 saturated carbocycles. The lowest BCUT2D eigenvalue weighted by Crippen LogP contribution is -2.64. The van der Waals surface area contributed by atoms with Gasteiger partial charge in [-0.25, -0.2) is 0 Å². The van der Waals surface area contributed by atoms with Crippen LogP contribution in [-0.4, -0.2) is 40.0 Å². The molecule has 9 heteroatoms. The second-order valence-corrected chi connectivity index (χ2v) is 9.17. The first kappa shape index (κ1) is 20.9. The normalized spacial score (nSPS) is 26.5. The van der Waals surface area contributed by atoms with Crippen molar-refractivity contribution in [3.05, 3.63) is 64.1 Å². The standard InChI is InChI=1S/C23H24F3N3O3/c1-27-17-8-7-15(13-22(10-11-22)23(24,25)26)18(14-5-3-2-4-6-14)29(17)28-12-9-16(30)20(31)19(28)21(27)32/h2-6,9,12,15,17-18,31H,7-8,10-11,13H2,1H3. The Morgan fingerprint density at radius 2 is 1.78 bits per heavy atom. The van der Waals surface area contributed by atoms with E-state index in [0.29, 0.717) is 12.8 Å². The quantitative estimate of drug-likeness (QED) is 0.778. The number of alkyl halides is 3. The van der Waals surface area contributed by atoms with Gasteiger partial charge in [-0.15, -0.1) is 0 Å². The van der Waals surface area contributed by atoms with Crippen molar-refractivity contribution >= 4 is 5.91 Å². The number of rotatable bonds is 3. The maximum atomic E-state index is 13.8. The van der Waals surface area contributed by atoms with E-state index in [9.17, 15) is 27.9 Å². The Hall–Kier alpha value is -2.97. The maximum absolute atomic E-state index is 13.8. The zero-order chi connectivity index (χ0) is 22.8. The van der Waals surface area contributed by atoms with Gasteiger partial charge in [0.1, 0.15) is 6.17 Å². The zero-order valence-corrected chi connectivity index (χ0v) is 17.5. The summed E-state index contributed by atoms with van der Waals surface area (Å²) in [6, 6.07) is 10.0. The van der Waals surface area contributed by atoms with Crippen molar-refractivity contribution in [2.75, 3.05) is 12.1 Å². The fourth-order valence-corrected chi connectivity index (χ4v) is 5.46. The van der Waals surface area contributed by atoms with Crippen molar-refractivity contribution in [2.24, 2.45) is 11.3 Å². The van der Waals surface area contributed by atoms with Gasteiger partial charge >= 0.3 is 6.18 Å². The van der Waals surface area contributed by atoms with Crippen molar-refractivity contribution < 1.29 is 23.1 Å². The first-order valence-electron chi connectivity index (χ1n) is 10.8. The van der Waals surface area contributed by atoms with Crippen LogP contribution in [0.3, 0.4) is 0 Å². The predicted molar refractivity (Wildman–Crippen MR) is 111 cm³/mol. The monoisotopic (exact) mass is 447 g/mol. The zero-order valence-electron chi connectivity index (χ0n) is 17.5. The molecular weight excluding hydrogens is 423 g/mol. The predicted octanol–water partition coefficient (Wildman–Crippen LogP) is 3.79. The van der Waals surface area contributed by atoms with Crippen LogP contribution in [0.2, 0.25) is 0 Å². The van der Waals surface area contributed by atoms with E-state index in [0.717, 1.165) is 5.56 Å². The minimum atomic E-state index is -4.25. The molecule has 2 fully saturated rings. The Bertz CT molecular complexity index is 1110. The molecule has 0 spiro atoms. The lowest BCUT2D eigenvalue weighted by Gasteiger charge is -2.54. The number of benzene rings is 1. The molecule has 170 valence electrons. The summed E-state index contributed by atoms with van der Waals surface area (Å²) in [6.45, 7) is 0. The molecule has 3 aliphatic rings. The van der Waals surface area contributed by atoms with Gasteiger partial charge in [0, 0.05) is 19.3 Å². The average Bonchev–Trinajstić information content (AvgIpc) is 3.55. The Morgan fingerprint density at radius 3 is 2.41 bits per heavy atom. The number of aromatic hydroxyl groups is 1. The molecule has 2 aromatic rings. The van der Waals surface area contributed by atoms with Gasteiger partial charge in [0.25, 0.3) is 5.91 Å². The number of pyridine rings is 1. The molecule has 1 aliphatic carbocycles. The second-order valence-electron chi connectivity index (χ2n) is 9.17. The molecule has 1 amide bonds. The van der Waals surface area contributed by atoms with Crippen molar-refractivity contribution in [3.63, 3.8) is 0 Å². The van der Waals surface area contributed by atoms with Gasteiger partial charge in [-0.2, -0.15) is 13.2 Å². The van der Waals surface area contributed by atoms with Gasteiger partial charge < -0.3 is 10.0 Å². The third-order valence-corrected chi connectivity index (χ3v) is 7.35. The summed E-state index contributed by atoms with van der Waals surface area (Å²) < 4.78 is 42.9. The Labute approximate surface area is 182 Å². The largest absolute Gasteiger partial charge is 0.502 e. The highest BCUT2D eigenvalue weighted by atomic mass is 19.4. The molecule has 0 radical (unpaired) electrons. The number of hydrogen-bond donors (Lipinski definition) is 1. The van der Waals surface area contributed by atoms with E-state index >= 15 is 0 Å². The first-order chi connectivity index (χ1) is 15.1. The molecule has 1 aromatic carbocycles. The van der Waals surface area contributed by atoms with E-state index in [1.807, 2.05) is 35.3 Å². The molecule has 5 rings (SSSR count). The number of carbonyl (C=O) groups is 1. The van der Waals surface area contributed by atoms with Crippen molar-refractivity contribution in [1.82, 2.24) is 9.58 Å². The van der Waals surface area contributed by atoms with E-state index in [2.05, 4.69) is 0 Å². The SMILES string of the molecule is CN1C(=O)c2c(O)c(=O)ccn2N2C(c3ccccc3)C(CC3(C(F)(F)F)CC3)CCC12. The van der Waals surface area contributed by atoms with Crippen molar-refractivity contribution in [1.29, 1.82) is 0 Å². The van der Waals surface area contributed by atoms with Crippen LogP contribution in [-0.2, 0) is 0 Å². The molecule has 3 heterocycles. The van der Waals surface area contributed by atoms with E-state index in [-0.39, 0.29) is 30.9 Å². The number of nitrogens with zero attached hydrogens (tertiary/aromatic N) is 3. The fraction of sp³-hybridized carbons (Fsp3) is 0.478. The topological polar surface area (TPSA) is 65.8 Å². The molecule has 32 heavy (non-hydrogen) atoms. The number of piperidine rings is 1. The molecule has 3 unspecified atom stereocenters. The van der Waals surface area contributed by atoms with Crippen molar-refractivity contribution in [2.45, 2.75) is 50.5 Å². The highest BCUT2D eigenvalue weighted by Crippen LogP contribution is 2.63. The second kappa shape index (κ2) is 7.02. The van der Waals surface area contributed by atoms with Gasteiger partial charge in [0.15, 0.2) is 11.4 Å². The number of carbonyl (C=O) groups excluding carboxylic acids is 1. The summed E-state index contributed by atoms with van der Waals surface area (Å²) in [5.41, 5.74) is -1.64. The third kappa shape index (κ3) is 3.01. The van der Waals surface area contributed by atoms with Crippen LogP contribution < -0.4 is 10.4 Å². The molecule has 1 saturated heterocycles. The Balaban J connectivity index is 1.65. The average molecular weight is 447 g/mol. The van der Waals surface area contributed by atoms with Crippen LogP contribution in [0, 0.1) is 11.3 Å². The Morgan fingerprint density at radius 1 is 1.09 bits per heavy atom. The number of fused-ring (bicyclic) bond motifs is 3. The summed E-state index contributed by atoms with van der Waals surface area (Å²) in [5, 5.41) is 12.3. The first-order valence-corrected chi connectivity index (χ1v) is 10.8. The molecule has 1 aromatic heterocycles. The smallest absolute Gasteiger partial charge is 0.394 e. The lowest BCUT2D eigenvalue weighted by atomic mass is 9.77. The van der Waals surface area contributed by atoms with E-state index in [1.165, 1.54) is 21.8 Å². The summed E-state index contributed by atoms with van der Waals surface area (Å²) in [7, 11) is 1.60. The van der Waals surface area contributed by atoms with Gasteiger partial charge in [-0.3, -0.25) is 19.3 Å². The van der Waals surface area contributed by atoms with E-state index in [4.69, 9.17) is 0 Å². The molecule has 2 aliphatic heterocycles. The number of hydrogen-bond acceptors (Lipinski definition) is 4. The number of aromatic nitrogens is 1. The van der Waals surface area contributed by atoms with Crippen LogP contribution in [0.4, 0.5) is 13.2 Å². The maximum Gasteiger partial charge on any atom is 0.394 e. The summed E-state index contributed by atoms with van der Waals surface area (Å²) in [6.07, 6.45) is -1.89. The minimum Gasteiger partial charge on any atom is -0.502 e. The molecule has 6 nitrogen and oxygen atoms in total. The molecule has 1 N–H and O–H groups in total. The molecular formula is C23H24F3N3O3. The fourth-order valence-electron chi connectivity index (χ4n) is 5.46. The highest BCUT2D eigenvalue weighted by molar-refractivity contribution is 5.96. The van der Waals surface area contributed by atoms with Gasteiger partial charge in [0.05, 0.1) is 11.5 Å². The van der Waals surface area contributed by atoms with Gasteiger partial charge in [-0.1, -0.05) is 30.3 Å². The molecule has 3 atom stereocenters. The van der Waals surface area contributed by atoms with Gasteiger partial charge in [0.2, 0.25) is 5.43 Å². The number of halogens is 3. The van der Waals surface area contributed by atoms with E-state index < -0.39 is 40.9 Å². The van der Waals surface area contributed by atoms with Crippen LogP contribution in [0.1, 0.15) is 54.2 Å². The van der Waals surface area contributed by atoms with Crippen LogP contribution in [0.25, 0.3) is 0 Å². The minimum absolute atomic E-state index is 0.0124.